The SMILES string of the molecule is CN1C(=O)C[C@@](C)(c2cc(-c3ccc(C#N)s3)cs2)N=C1N.CN1C(=O)C[C@@](C)(c2cc(-c3cccc(C4CC4)c3)cs2)N=C1N.CN1C(=O)[C@@H](c2ccc(Cl)cc2)[C@@](C)(c2cc(-c3cccc(C#N)c3)cs2)N=C1N.CN1C(=O)[C@H](c2ccc(Cl)cc2)[C@@](C)(c2cc(-c3cccc(C#N)c3)cs2)N=C1N.COc1ccc(CNc2cccnc2)c(-c2cccc(C3(C)N=C(N)N(CC4CCN(C(C)=O)CC4)C3=O)c2)c1. The lowest BCUT2D eigenvalue weighted by Gasteiger charge is -2.40. The molecule has 6 aromatic heterocycles. The van der Waals surface area contributed by atoms with Gasteiger partial charge in [0.1, 0.15) is 38.9 Å². The molecule has 1 saturated carbocycles. The predicted octanol–water partition coefficient (Wildman–Crippen LogP) is 19.9. The highest BCUT2D eigenvalue weighted by molar-refractivity contribution is 7.16. The van der Waals surface area contributed by atoms with E-state index in [9.17, 15) is 39.3 Å². The van der Waals surface area contributed by atoms with Crippen molar-refractivity contribution in [3.63, 3.8) is 0 Å². The molecule has 20 rings (SSSR count). The molecule has 1 aliphatic carbocycles. The number of carbonyl (C=O) groups excluding carboxylic acids is 6. The number of rotatable bonds is 19. The Morgan fingerprint density at radius 2 is 0.966 bits per heavy atom. The summed E-state index contributed by atoms with van der Waals surface area (Å²) in [4.78, 5) is 118. The fraction of sp³-hybridized carbons (Fsp3) is 0.270. The Bertz CT molecular complexity index is 7280. The fourth-order valence-electron chi connectivity index (χ4n) is 18.6. The van der Waals surface area contributed by atoms with Crippen LogP contribution in [0.1, 0.15) is 161 Å². The van der Waals surface area contributed by atoms with Crippen molar-refractivity contribution in [1.82, 2.24) is 34.4 Å². The van der Waals surface area contributed by atoms with Crippen LogP contribution in [-0.4, -0.2) is 155 Å². The minimum atomic E-state index is -1.12. The van der Waals surface area contributed by atoms with Crippen LogP contribution in [0.5, 0.6) is 5.75 Å². The number of benzene rings is 7. The lowest BCUT2D eigenvalue weighted by molar-refractivity contribution is -0.133. The van der Waals surface area contributed by atoms with Gasteiger partial charge < -0.3 is 43.6 Å². The van der Waals surface area contributed by atoms with Crippen LogP contribution in [0.15, 0.2) is 271 Å². The number of amides is 6. The Hall–Kier alpha value is -15.0. The van der Waals surface area contributed by atoms with Gasteiger partial charge in [-0.15, -0.1) is 56.7 Å². The number of hydrogen-bond donors (Lipinski definition) is 6. The van der Waals surface area contributed by atoms with Crippen LogP contribution in [0.2, 0.25) is 10.0 Å². The highest BCUT2D eigenvalue weighted by atomic mass is 35.5. The van der Waals surface area contributed by atoms with Gasteiger partial charge in [-0.1, -0.05) is 120 Å². The lowest BCUT2D eigenvalue weighted by atomic mass is 9.77. The Labute approximate surface area is 878 Å². The Kier molecular flexibility index (Phi) is 31.0. The van der Waals surface area contributed by atoms with E-state index in [2.05, 4.69) is 74.2 Å². The van der Waals surface area contributed by atoms with Gasteiger partial charge >= 0.3 is 0 Å². The normalized spacial score (nSPS) is 21.3. The number of pyridine rings is 1. The van der Waals surface area contributed by atoms with Crippen LogP contribution in [-0.2, 0) is 63.0 Å². The lowest BCUT2D eigenvalue weighted by Crippen LogP contribution is -2.52. The monoisotopic (exact) mass is 2080 g/mol. The van der Waals surface area contributed by atoms with E-state index in [0.717, 1.165) is 116 Å². The van der Waals surface area contributed by atoms with Gasteiger partial charge in [0, 0.05) is 114 Å². The second-order valence-corrected chi connectivity index (χ2v) is 43.3. The number of hydrogen-bond acceptors (Lipinski definition) is 27. The van der Waals surface area contributed by atoms with E-state index in [1.165, 1.54) is 83.1 Å². The standard InChI is InChI=1S/C31H36N6O3.2C23H19ClN4OS.C19H21N3OS.C15H14N4OS2/c1-21(38)36-14-11-22(12-15-36)20-37-29(39)31(2,35-30(37)32)25-7-4-6-23(16-25)28-17-27(40-3)10-9-24(28)18-34-26-8-5-13-33-19-26;2*1-23(19-11-17(13-30-19)16-5-3-4-14(10-16)12-25)20(15-6-8-18(24)9-7-15)21(29)28(2)22(26)27-23;1-19(10-17(23)22(2)18(20)21-19)16-9-15(11-24-16)14-5-3-4-13(8-14)12-6-7-12;1-15(6-13(20)19(2)14(17)18-15)12-5-9(8-21-12)11-4-3-10(7-16)22-11/h4-10,13,16-17,19,22,34H,11-12,14-15,18,20H2,1-3H3,(H2,32,35);2*3-11,13,20H,1-2H3,(H2,26,27);3-5,8-9,11-12H,6-7,10H2,1-2H3,(H2,20,21);3-5,8H,6H2,1-2H3,(H2,17,18)/t;20-,23+;20-,23-;19-;15-/m.0100/s1. The van der Waals surface area contributed by atoms with Gasteiger partial charge in [0.25, 0.3) is 5.91 Å². The number of ether oxygens (including phenoxy) is 1. The molecule has 744 valence electrons. The van der Waals surface area contributed by atoms with Gasteiger partial charge in [-0.25, -0.2) is 25.0 Å². The van der Waals surface area contributed by atoms with Crippen LogP contribution in [0.4, 0.5) is 5.69 Å². The number of methoxy groups -OCH3 is 1. The van der Waals surface area contributed by atoms with E-state index in [0.29, 0.717) is 71.0 Å². The highest BCUT2D eigenvalue weighted by Gasteiger charge is 2.51. The van der Waals surface area contributed by atoms with Gasteiger partial charge in [-0.2, -0.15) is 15.8 Å². The summed E-state index contributed by atoms with van der Waals surface area (Å²) in [5.41, 5.74) is 42.6. The number of nitrogens with one attached hydrogen (secondary N) is 1. The quantitative estimate of drug-likeness (QED) is 0.0438. The van der Waals surface area contributed by atoms with Crippen molar-refractivity contribution in [3.8, 4) is 78.9 Å². The minimum Gasteiger partial charge on any atom is -0.497 e. The first-order valence-electron chi connectivity index (χ1n) is 47.2. The number of thiophene rings is 5. The van der Waals surface area contributed by atoms with Gasteiger partial charge in [0.2, 0.25) is 29.5 Å². The predicted molar refractivity (Wildman–Crippen MR) is 583 cm³/mol. The van der Waals surface area contributed by atoms with Crippen LogP contribution in [0.3, 0.4) is 0 Å². The summed E-state index contributed by atoms with van der Waals surface area (Å²) in [5.74, 6) is 1.56. The molecule has 2 fully saturated rings. The van der Waals surface area contributed by atoms with Crippen LogP contribution >= 0.6 is 79.9 Å². The van der Waals surface area contributed by atoms with Gasteiger partial charge in [-0.05, 0) is 281 Å². The zero-order valence-electron chi connectivity index (χ0n) is 82.3. The first-order valence-corrected chi connectivity index (χ1v) is 52.3. The van der Waals surface area contributed by atoms with Crippen molar-refractivity contribution >= 4 is 151 Å². The maximum atomic E-state index is 13.8. The molecule has 12 heterocycles. The number of guanidine groups is 5. The third kappa shape index (κ3) is 22.3. The number of aliphatic imine (C=N–C) groups is 5. The van der Waals surface area contributed by atoms with E-state index >= 15 is 0 Å². The van der Waals surface area contributed by atoms with E-state index in [-0.39, 0.29) is 65.2 Å². The molecule has 6 amide bonds. The van der Waals surface area contributed by atoms with Crippen molar-refractivity contribution in [2.75, 3.05) is 60.3 Å². The zero-order chi connectivity index (χ0) is 104. The summed E-state index contributed by atoms with van der Waals surface area (Å²) in [5, 5.41) is 40.2. The highest BCUT2D eigenvalue weighted by Crippen LogP contribution is 2.52. The van der Waals surface area contributed by atoms with E-state index < -0.39 is 39.5 Å². The molecule has 28 nitrogen and oxygen atoms in total. The maximum absolute atomic E-state index is 13.8. The number of likely N-dealkylation sites (N-methyl/N-ethyl adjacent to an activating group) is 2. The number of aromatic nitrogens is 1. The summed E-state index contributed by atoms with van der Waals surface area (Å²) >= 11 is 19.8. The number of nitrogens with two attached hydrogens (primary N) is 5. The summed E-state index contributed by atoms with van der Waals surface area (Å²) in [7, 11) is 8.23. The van der Waals surface area contributed by atoms with Crippen LogP contribution in [0, 0.1) is 39.9 Å². The van der Waals surface area contributed by atoms with Gasteiger partial charge in [0.05, 0.1) is 60.7 Å². The second kappa shape index (κ2) is 43.5. The number of piperidine rings is 1. The molecule has 35 heteroatoms. The molecular formula is C111H109Cl2N21O7S5. The van der Waals surface area contributed by atoms with Crippen molar-refractivity contribution in [2.45, 2.75) is 132 Å². The minimum absolute atomic E-state index is 0.00989. The van der Waals surface area contributed by atoms with Crippen molar-refractivity contribution in [1.29, 1.82) is 15.8 Å². The third-order valence-electron chi connectivity index (χ3n) is 27.6. The molecule has 7 aliphatic rings. The van der Waals surface area contributed by atoms with E-state index in [1.54, 1.807) is 119 Å². The number of halogens is 2. The summed E-state index contributed by atoms with van der Waals surface area (Å²) < 4.78 is 5.53. The molecule has 0 spiro atoms. The number of nitrogens with zero attached hydrogens (tertiary/aromatic N) is 15. The first-order chi connectivity index (χ1) is 69.8. The summed E-state index contributed by atoms with van der Waals surface area (Å²) in [6, 6.07) is 74.5. The maximum Gasteiger partial charge on any atom is 0.261 e. The first kappa shape index (κ1) is 104. The molecule has 1 saturated heterocycles. The molecule has 7 atom stereocenters. The molecule has 13 aromatic rings. The molecule has 1 unspecified atom stereocenters. The topological polar surface area (TPSA) is 419 Å². The van der Waals surface area contributed by atoms with Gasteiger partial charge in [-0.3, -0.25) is 58.3 Å². The molecular weight excluding hydrogens is 1970 g/mol. The zero-order valence-corrected chi connectivity index (χ0v) is 87.9. The van der Waals surface area contributed by atoms with E-state index in [4.69, 9.17) is 76.8 Å². The fourth-order valence-corrected chi connectivity index (χ4v) is 23.9. The number of carbonyl (C=O) groups is 6. The molecule has 6 aliphatic heterocycles. The Morgan fingerprint density at radius 1 is 0.486 bits per heavy atom. The summed E-state index contributed by atoms with van der Waals surface area (Å²) in [6.07, 6.45) is 8.48. The van der Waals surface area contributed by atoms with Crippen LogP contribution in [0.25, 0.3) is 54.9 Å². The third-order valence-corrected chi connectivity index (χ3v) is 33.8. The largest absolute Gasteiger partial charge is 0.497 e. The molecule has 11 N–H and O–H groups in total. The Morgan fingerprint density at radius 3 is 1.45 bits per heavy atom. The smallest absolute Gasteiger partial charge is 0.261 e. The van der Waals surface area contributed by atoms with Crippen molar-refractivity contribution in [3.05, 3.63) is 320 Å². The second-order valence-electron chi connectivity index (χ2n) is 37.7. The number of anilines is 1. The van der Waals surface area contributed by atoms with Gasteiger partial charge in [0.15, 0.2) is 35.3 Å². The summed E-state index contributed by atoms with van der Waals surface area (Å²) in [6.45, 7) is 13.7. The van der Waals surface area contributed by atoms with Crippen molar-refractivity contribution < 1.29 is 33.5 Å². The molecule has 146 heavy (non-hydrogen) atoms. The van der Waals surface area contributed by atoms with Crippen molar-refractivity contribution in [2.24, 2.45) is 59.5 Å². The number of nitriles is 3. The molecule has 0 radical (unpaired) electrons. The van der Waals surface area contributed by atoms with E-state index in [1.807, 2.05) is 201 Å². The van der Waals surface area contributed by atoms with Crippen LogP contribution < -0.4 is 38.7 Å². The molecule has 7 aromatic carbocycles. The number of likely N-dealkylation sites (tertiary alicyclic amines) is 1. The molecule has 0 bridgehead atoms. The average Bonchev–Trinajstić information content (AvgIpc) is 1.27. The Balaban J connectivity index is 0.000000132. The average molecular weight is 2080 g/mol.